The molecule has 6 heteroatoms. The molecule has 188 valence electrons. The van der Waals surface area contributed by atoms with Crippen molar-refractivity contribution in [1.82, 2.24) is 14.9 Å². The van der Waals surface area contributed by atoms with Gasteiger partial charge in [-0.2, -0.15) is 0 Å². The van der Waals surface area contributed by atoms with Crippen molar-refractivity contribution < 1.29 is 4.74 Å². The van der Waals surface area contributed by atoms with Gasteiger partial charge in [-0.25, -0.2) is 0 Å². The van der Waals surface area contributed by atoms with Crippen LogP contribution in [0.25, 0.3) is 0 Å². The smallest absolute Gasteiger partial charge is 0.174 e. The van der Waals surface area contributed by atoms with Gasteiger partial charge >= 0.3 is 0 Å². The van der Waals surface area contributed by atoms with Crippen LogP contribution in [0, 0.1) is 6.92 Å². The van der Waals surface area contributed by atoms with Crippen molar-refractivity contribution in [1.29, 1.82) is 0 Å². The predicted molar refractivity (Wildman–Crippen MR) is 152 cm³/mol. The molecule has 1 saturated carbocycles. The number of anilines is 1. The summed E-state index contributed by atoms with van der Waals surface area (Å²) in [5.41, 5.74) is 4.37. The van der Waals surface area contributed by atoms with Crippen molar-refractivity contribution >= 4 is 23.0 Å². The zero-order valence-electron chi connectivity index (χ0n) is 21.1. The standard InChI is InChI=1S/C31H32N4OS/c1-22-9-5-6-13-28(22)36-26-16-14-25(15-17-26)35-30(29(33-31(35)37)27-12-7-8-19-32-27)23-18-20-34(21-23)24-10-3-2-4-11-24/h5-9,12-21,24,29-30H,2-4,10-11H2,1H3,(H,33,37)/t29-,30-/m1/s1. The maximum Gasteiger partial charge on any atom is 0.174 e. The molecule has 0 amide bonds. The second kappa shape index (κ2) is 10.4. The predicted octanol–water partition coefficient (Wildman–Crippen LogP) is 7.67. The lowest BCUT2D eigenvalue weighted by Gasteiger charge is -2.28. The average molecular weight is 509 g/mol. The number of aromatic nitrogens is 2. The lowest BCUT2D eigenvalue weighted by Crippen LogP contribution is -2.29. The van der Waals surface area contributed by atoms with E-state index >= 15 is 0 Å². The summed E-state index contributed by atoms with van der Waals surface area (Å²) in [7, 11) is 0. The zero-order valence-corrected chi connectivity index (χ0v) is 21.9. The van der Waals surface area contributed by atoms with Crippen LogP contribution in [-0.2, 0) is 0 Å². The topological polar surface area (TPSA) is 42.3 Å². The van der Waals surface area contributed by atoms with Crippen LogP contribution < -0.4 is 15.0 Å². The van der Waals surface area contributed by atoms with E-state index in [2.05, 4.69) is 69.4 Å². The first kappa shape index (κ1) is 23.7. The van der Waals surface area contributed by atoms with Crippen molar-refractivity contribution in [2.45, 2.75) is 57.2 Å². The van der Waals surface area contributed by atoms with E-state index in [0.29, 0.717) is 11.2 Å². The van der Waals surface area contributed by atoms with Crippen LogP contribution in [0.3, 0.4) is 0 Å². The fourth-order valence-electron chi connectivity index (χ4n) is 5.66. The van der Waals surface area contributed by atoms with Crippen LogP contribution in [0.1, 0.15) is 67.1 Å². The average Bonchev–Trinajstić information content (AvgIpc) is 3.56. The summed E-state index contributed by atoms with van der Waals surface area (Å²) in [6.45, 7) is 2.06. The highest BCUT2D eigenvalue weighted by molar-refractivity contribution is 7.80. The number of hydrogen-bond donors (Lipinski definition) is 1. The van der Waals surface area contributed by atoms with Gasteiger partial charge in [0.2, 0.25) is 0 Å². The minimum atomic E-state index is -0.0428. The Morgan fingerprint density at radius 2 is 1.70 bits per heavy atom. The number of thiocarbonyl (C=S) groups is 1. The van der Waals surface area contributed by atoms with E-state index in [4.69, 9.17) is 17.0 Å². The summed E-state index contributed by atoms with van der Waals surface area (Å²) in [6.07, 6.45) is 12.9. The molecule has 2 aromatic heterocycles. The molecule has 0 spiro atoms. The van der Waals surface area contributed by atoms with Gasteiger partial charge in [0.15, 0.2) is 5.11 Å². The zero-order chi connectivity index (χ0) is 25.2. The molecule has 1 saturated heterocycles. The van der Waals surface area contributed by atoms with Crippen molar-refractivity contribution in [2.75, 3.05) is 4.90 Å². The second-order valence-electron chi connectivity index (χ2n) is 10.0. The third kappa shape index (κ3) is 4.86. The maximum absolute atomic E-state index is 6.15. The van der Waals surface area contributed by atoms with Gasteiger partial charge in [-0.3, -0.25) is 4.98 Å². The number of nitrogens with zero attached hydrogens (tertiary/aromatic N) is 3. The van der Waals surface area contributed by atoms with Crippen LogP contribution in [0.5, 0.6) is 11.5 Å². The molecule has 3 heterocycles. The number of benzene rings is 2. The third-order valence-electron chi connectivity index (χ3n) is 7.61. The highest BCUT2D eigenvalue weighted by Gasteiger charge is 2.41. The first-order valence-corrected chi connectivity index (χ1v) is 13.6. The highest BCUT2D eigenvalue weighted by Crippen LogP contribution is 2.43. The van der Waals surface area contributed by atoms with Crippen LogP contribution in [0.15, 0.2) is 91.4 Å². The normalized spacial score (nSPS) is 20.1. The maximum atomic E-state index is 6.15. The number of pyridine rings is 1. The first-order chi connectivity index (χ1) is 18.2. The minimum Gasteiger partial charge on any atom is -0.457 e. The molecule has 0 bridgehead atoms. The summed E-state index contributed by atoms with van der Waals surface area (Å²) in [5.74, 6) is 1.67. The van der Waals surface area contributed by atoms with E-state index in [9.17, 15) is 0 Å². The Morgan fingerprint density at radius 1 is 0.919 bits per heavy atom. The summed E-state index contributed by atoms with van der Waals surface area (Å²) >= 11 is 5.91. The van der Waals surface area contributed by atoms with Gasteiger partial charge in [-0.05, 0) is 91.6 Å². The second-order valence-corrected chi connectivity index (χ2v) is 10.4. The molecule has 1 aliphatic carbocycles. The van der Waals surface area contributed by atoms with Gasteiger partial charge in [0.1, 0.15) is 11.5 Å². The van der Waals surface area contributed by atoms with Crippen LogP contribution in [0.2, 0.25) is 0 Å². The Hall–Kier alpha value is -3.64. The molecule has 6 rings (SSSR count). The van der Waals surface area contributed by atoms with E-state index in [-0.39, 0.29) is 12.1 Å². The molecule has 2 fully saturated rings. The number of rotatable bonds is 6. The molecule has 4 aromatic rings. The minimum absolute atomic E-state index is 0.00428. The van der Waals surface area contributed by atoms with E-state index in [1.54, 1.807) is 0 Å². The van der Waals surface area contributed by atoms with E-state index < -0.39 is 0 Å². The SMILES string of the molecule is Cc1ccccc1Oc1ccc(N2C(=S)N[C@H](c3ccccn3)[C@H]2c2ccn(C3CCCCC3)c2)cc1. The number of nitrogens with one attached hydrogen (secondary N) is 1. The van der Waals surface area contributed by atoms with E-state index in [1.807, 2.05) is 48.7 Å². The van der Waals surface area contributed by atoms with Crippen LogP contribution >= 0.6 is 12.2 Å². The molecular formula is C31H32N4OS. The van der Waals surface area contributed by atoms with E-state index in [1.165, 1.54) is 37.7 Å². The number of hydrogen-bond acceptors (Lipinski definition) is 3. The lowest BCUT2D eigenvalue weighted by atomic mass is 9.95. The van der Waals surface area contributed by atoms with Crippen molar-refractivity contribution in [3.05, 3.63) is 108 Å². The Bertz CT molecular complexity index is 1360. The van der Waals surface area contributed by atoms with Crippen LogP contribution in [-0.4, -0.2) is 14.7 Å². The van der Waals surface area contributed by atoms with Gasteiger partial charge in [0, 0.05) is 30.3 Å². The summed E-state index contributed by atoms with van der Waals surface area (Å²) in [4.78, 5) is 6.92. The van der Waals surface area contributed by atoms with Crippen molar-refractivity contribution in [3.63, 3.8) is 0 Å². The fraction of sp³-hybridized carbons (Fsp3) is 0.290. The van der Waals surface area contributed by atoms with Crippen molar-refractivity contribution in [2.24, 2.45) is 0 Å². The first-order valence-electron chi connectivity index (χ1n) is 13.2. The van der Waals surface area contributed by atoms with Gasteiger partial charge in [-0.1, -0.05) is 43.5 Å². The highest BCUT2D eigenvalue weighted by atomic mass is 32.1. The monoisotopic (exact) mass is 508 g/mol. The lowest BCUT2D eigenvalue weighted by molar-refractivity contribution is 0.353. The molecular weight excluding hydrogens is 476 g/mol. The largest absolute Gasteiger partial charge is 0.457 e. The summed E-state index contributed by atoms with van der Waals surface area (Å²) in [5, 5.41) is 4.28. The molecule has 2 aromatic carbocycles. The fourth-order valence-corrected chi connectivity index (χ4v) is 6.00. The number of para-hydroxylation sites is 1. The Balaban J connectivity index is 1.32. The molecule has 0 unspecified atom stereocenters. The molecule has 5 nitrogen and oxygen atoms in total. The Morgan fingerprint density at radius 3 is 2.46 bits per heavy atom. The Kier molecular flexibility index (Phi) is 6.66. The van der Waals surface area contributed by atoms with Crippen molar-refractivity contribution in [3.8, 4) is 11.5 Å². The molecule has 1 aliphatic heterocycles. The van der Waals surface area contributed by atoms with Gasteiger partial charge in [0.05, 0.1) is 17.8 Å². The van der Waals surface area contributed by atoms with Gasteiger partial charge in [-0.15, -0.1) is 0 Å². The van der Waals surface area contributed by atoms with Crippen LogP contribution in [0.4, 0.5) is 5.69 Å². The number of ether oxygens (including phenoxy) is 1. The molecule has 2 aliphatic rings. The number of aryl methyl sites for hydroxylation is 1. The molecule has 2 atom stereocenters. The molecule has 0 radical (unpaired) electrons. The molecule has 37 heavy (non-hydrogen) atoms. The Labute approximate surface area is 224 Å². The van der Waals surface area contributed by atoms with Gasteiger partial charge in [0.25, 0.3) is 0 Å². The summed E-state index contributed by atoms with van der Waals surface area (Å²) < 4.78 is 8.57. The quantitative estimate of drug-likeness (QED) is 0.271. The van der Waals surface area contributed by atoms with Gasteiger partial charge < -0.3 is 19.5 Å². The summed E-state index contributed by atoms with van der Waals surface area (Å²) in [6, 6.07) is 25.1. The third-order valence-corrected chi connectivity index (χ3v) is 7.92. The van der Waals surface area contributed by atoms with E-state index in [0.717, 1.165) is 28.4 Å². The molecule has 1 N–H and O–H groups in total.